The van der Waals surface area contributed by atoms with Crippen LogP contribution in [0, 0.1) is 0 Å². The van der Waals surface area contributed by atoms with Gasteiger partial charge in [0, 0.05) is 0 Å². The third kappa shape index (κ3) is 3.34. The molecular weight excluding hydrogens is 306 g/mol. The summed E-state index contributed by atoms with van der Waals surface area (Å²) in [6, 6.07) is 6.85. The van der Waals surface area contributed by atoms with Crippen LogP contribution in [0.2, 0.25) is 5.15 Å². The fraction of sp³-hybridized carbons (Fsp3) is 0.182. The van der Waals surface area contributed by atoms with Crippen LogP contribution < -0.4 is 4.72 Å². The number of nitrogens with one attached hydrogen (secondary N) is 1. The number of carbonyl (C=O) groups is 1. The van der Waals surface area contributed by atoms with Crippen molar-refractivity contribution < 1.29 is 17.9 Å². The van der Waals surface area contributed by atoms with Gasteiger partial charge in [-0.1, -0.05) is 23.7 Å². The molecule has 7 nitrogen and oxygen atoms in total. The number of aromatic nitrogens is 2. The number of benzene rings is 1. The fourth-order valence-electron chi connectivity index (χ4n) is 1.44. The molecule has 106 valence electrons. The molecule has 0 aliphatic heterocycles. The predicted octanol–water partition coefficient (Wildman–Crippen LogP) is 1.20. The van der Waals surface area contributed by atoms with E-state index in [4.69, 9.17) is 11.6 Å². The molecule has 0 aliphatic rings. The minimum atomic E-state index is -3.95. The van der Waals surface area contributed by atoms with Crippen LogP contribution in [0.15, 0.2) is 24.3 Å². The monoisotopic (exact) mass is 315 g/mol. The topological polar surface area (TPSA) is 98.2 Å². The van der Waals surface area contributed by atoms with E-state index in [0.717, 1.165) is 7.11 Å². The number of para-hydroxylation sites is 2. The minimum Gasteiger partial charge on any atom is -0.468 e. The van der Waals surface area contributed by atoms with Crippen molar-refractivity contribution in [3.05, 3.63) is 29.4 Å². The van der Waals surface area contributed by atoms with Crippen LogP contribution >= 0.6 is 11.6 Å². The largest absolute Gasteiger partial charge is 0.468 e. The number of rotatable bonds is 4. The quantitative estimate of drug-likeness (QED) is 0.851. The summed E-state index contributed by atoms with van der Waals surface area (Å²) in [4.78, 5) is 19.1. The van der Waals surface area contributed by atoms with E-state index in [0.29, 0.717) is 11.0 Å². The van der Waals surface area contributed by atoms with Gasteiger partial charge in [0.15, 0.2) is 16.7 Å². The smallest absolute Gasteiger partial charge is 0.322 e. The lowest BCUT2D eigenvalue weighted by Crippen LogP contribution is -2.24. The first-order chi connectivity index (χ1) is 9.41. The van der Waals surface area contributed by atoms with Crippen LogP contribution in [-0.2, 0) is 19.6 Å². The van der Waals surface area contributed by atoms with Crippen molar-refractivity contribution in [2.24, 2.45) is 0 Å². The Morgan fingerprint density at radius 3 is 2.50 bits per heavy atom. The zero-order valence-electron chi connectivity index (χ0n) is 10.3. The number of esters is 1. The van der Waals surface area contributed by atoms with Gasteiger partial charge in [-0.25, -0.2) is 18.4 Å². The molecule has 0 bridgehead atoms. The number of sulfonamides is 1. The maximum Gasteiger partial charge on any atom is 0.322 e. The van der Waals surface area contributed by atoms with E-state index in [9.17, 15) is 13.2 Å². The minimum absolute atomic E-state index is 0.0999. The molecule has 1 N–H and O–H groups in total. The normalized spacial score (nSPS) is 11.3. The lowest BCUT2D eigenvalue weighted by Gasteiger charge is -2.08. The molecule has 0 radical (unpaired) electrons. The summed E-state index contributed by atoms with van der Waals surface area (Å²) < 4.78 is 29.8. The van der Waals surface area contributed by atoms with Crippen molar-refractivity contribution in [3.63, 3.8) is 0 Å². The lowest BCUT2D eigenvalue weighted by atomic mass is 10.3. The van der Waals surface area contributed by atoms with Gasteiger partial charge in [-0.05, 0) is 12.1 Å². The molecule has 1 aromatic carbocycles. The van der Waals surface area contributed by atoms with Crippen LogP contribution in [0.5, 0.6) is 0 Å². The van der Waals surface area contributed by atoms with E-state index in [1.54, 1.807) is 24.3 Å². The molecule has 0 atom stereocenters. The second-order valence-electron chi connectivity index (χ2n) is 3.79. The molecule has 20 heavy (non-hydrogen) atoms. The van der Waals surface area contributed by atoms with Crippen LogP contribution in [0.4, 0.5) is 5.82 Å². The highest BCUT2D eigenvalue weighted by Crippen LogP contribution is 2.21. The Labute approximate surface area is 120 Å². The maximum absolute atomic E-state index is 11.7. The number of halogens is 1. The summed E-state index contributed by atoms with van der Waals surface area (Å²) in [5, 5.41) is -0.0999. The summed E-state index contributed by atoms with van der Waals surface area (Å²) >= 11 is 5.86. The highest BCUT2D eigenvalue weighted by Gasteiger charge is 2.19. The van der Waals surface area contributed by atoms with Crippen molar-refractivity contribution in [2.75, 3.05) is 17.6 Å². The number of ether oxygens (including phenoxy) is 1. The molecule has 0 amide bonds. The molecule has 2 aromatic rings. The Bertz CT molecular complexity index is 763. The van der Waals surface area contributed by atoms with Gasteiger partial charge in [0.25, 0.3) is 0 Å². The van der Waals surface area contributed by atoms with Gasteiger partial charge in [0.2, 0.25) is 10.0 Å². The molecule has 1 heterocycles. The first-order valence-corrected chi connectivity index (χ1v) is 7.44. The molecule has 0 saturated carbocycles. The summed E-state index contributed by atoms with van der Waals surface area (Å²) in [6.45, 7) is 0. The van der Waals surface area contributed by atoms with Crippen molar-refractivity contribution in [3.8, 4) is 0 Å². The standard InChI is InChI=1S/C11H10ClN3O4S/c1-19-9(16)6-20(17,18)15-11-10(12)13-7-4-2-3-5-8(7)14-11/h2-5H,6H2,1H3,(H,14,15). The second-order valence-corrected chi connectivity index (χ2v) is 5.87. The van der Waals surface area contributed by atoms with Crippen molar-refractivity contribution in [1.29, 1.82) is 0 Å². The molecule has 0 fully saturated rings. The van der Waals surface area contributed by atoms with E-state index in [1.807, 2.05) is 0 Å². The summed E-state index contributed by atoms with van der Waals surface area (Å²) in [5.41, 5.74) is 1.01. The van der Waals surface area contributed by atoms with Crippen molar-refractivity contribution in [1.82, 2.24) is 9.97 Å². The SMILES string of the molecule is COC(=O)CS(=O)(=O)Nc1nc2ccccc2nc1Cl. The highest BCUT2D eigenvalue weighted by molar-refractivity contribution is 7.93. The van der Waals surface area contributed by atoms with Crippen LogP contribution in [-0.4, -0.2) is 37.2 Å². The summed E-state index contributed by atoms with van der Waals surface area (Å²) in [6.07, 6.45) is 0. The molecule has 1 aromatic heterocycles. The van der Waals surface area contributed by atoms with Crippen molar-refractivity contribution in [2.45, 2.75) is 0 Å². The zero-order valence-corrected chi connectivity index (χ0v) is 11.9. The van der Waals surface area contributed by atoms with Gasteiger partial charge < -0.3 is 4.74 Å². The number of methoxy groups -OCH3 is 1. The van der Waals surface area contributed by atoms with Crippen LogP contribution in [0.1, 0.15) is 0 Å². The van der Waals surface area contributed by atoms with Gasteiger partial charge in [-0.3, -0.25) is 9.52 Å². The molecule has 9 heteroatoms. The molecule has 0 unspecified atom stereocenters. The van der Waals surface area contributed by atoms with Gasteiger partial charge in [0.05, 0.1) is 18.1 Å². The number of hydrogen-bond acceptors (Lipinski definition) is 6. The third-order valence-electron chi connectivity index (χ3n) is 2.32. The number of anilines is 1. The molecule has 2 rings (SSSR count). The van der Waals surface area contributed by atoms with E-state index in [2.05, 4.69) is 19.4 Å². The van der Waals surface area contributed by atoms with Gasteiger partial charge in [-0.15, -0.1) is 0 Å². The Kier molecular flexibility index (Phi) is 4.05. The maximum atomic E-state index is 11.7. The van der Waals surface area contributed by atoms with Crippen LogP contribution in [0.3, 0.4) is 0 Å². The highest BCUT2D eigenvalue weighted by atomic mass is 35.5. The number of fused-ring (bicyclic) bond motifs is 1. The van der Waals surface area contributed by atoms with E-state index in [1.165, 1.54) is 0 Å². The average molecular weight is 316 g/mol. The summed E-state index contributed by atoms with van der Waals surface area (Å²) in [7, 11) is -2.85. The molecule has 0 aliphatic carbocycles. The fourth-order valence-corrected chi connectivity index (χ4v) is 2.61. The molecular formula is C11H10ClN3O4S. The summed E-state index contributed by atoms with van der Waals surface area (Å²) in [5.74, 6) is -1.84. The predicted molar refractivity (Wildman–Crippen MR) is 74.0 cm³/mol. The van der Waals surface area contributed by atoms with Gasteiger partial charge in [0.1, 0.15) is 0 Å². The molecule has 0 spiro atoms. The van der Waals surface area contributed by atoms with E-state index in [-0.39, 0.29) is 11.0 Å². The molecule has 0 saturated heterocycles. The van der Waals surface area contributed by atoms with E-state index < -0.39 is 21.7 Å². The lowest BCUT2D eigenvalue weighted by molar-refractivity contribution is -0.137. The first kappa shape index (κ1) is 14.5. The Morgan fingerprint density at radius 2 is 1.90 bits per heavy atom. The number of nitrogens with zero attached hydrogens (tertiary/aromatic N) is 2. The Hall–Kier alpha value is -1.93. The third-order valence-corrected chi connectivity index (χ3v) is 3.70. The van der Waals surface area contributed by atoms with Gasteiger partial charge >= 0.3 is 5.97 Å². The Balaban J connectivity index is 2.34. The first-order valence-electron chi connectivity index (χ1n) is 5.41. The van der Waals surface area contributed by atoms with Gasteiger partial charge in [-0.2, -0.15) is 0 Å². The number of carbonyl (C=O) groups excluding carboxylic acids is 1. The van der Waals surface area contributed by atoms with E-state index >= 15 is 0 Å². The number of hydrogen-bond donors (Lipinski definition) is 1. The van der Waals surface area contributed by atoms with Crippen molar-refractivity contribution >= 4 is 44.4 Å². The second kappa shape index (κ2) is 5.59. The zero-order chi connectivity index (χ0) is 14.8. The Morgan fingerprint density at radius 1 is 1.30 bits per heavy atom. The average Bonchev–Trinajstić information content (AvgIpc) is 2.38. The van der Waals surface area contributed by atoms with Crippen LogP contribution in [0.25, 0.3) is 11.0 Å².